The van der Waals surface area contributed by atoms with E-state index in [1.165, 1.54) is 11.1 Å². The molecule has 3 heterocycles. The molecule has 9 heteroatoms. The normalized spacial score (nSPS) is 15.9. The molecule has 33 heavy (non-hydrogen) atoms. The van der Waals surface area contributed by atoms with E-state index in [-0.39, 0.29) is 30.2 Å². The second-order valence-corrected chi connectivity index (χ2v) is 8.08. The predicted molar refractivity (Wildman–Crippen MR) is 121 cm³/mol. The van der Waals surface area contributed by atoms with Crippen molar-refractivity contribution in [1.29, 1.82) is 0 Å². The van der Waals surface area contributed by atoms with Crippen molar-refractivity contribution >= 4 is 23.4 Å². The minimum atomic E-state index is -0.338. The fraction of sp³-hybridized carbons (Fsp3) is 0.375. The Morgan fingerprint density at radius 1 is 1.18 bits per heavy atom. The summed E-state index contributed by atoms with van der Waals surface area (Å²) in [5.74, 6) is -1.13. The van der Waals surface area contributed by atoms with Crippen LogP contribution in [0.2, 0.25) is 0 Å². The molecule has 1 fully saturated rings. The molecule has 1 aliphatic heterocycles. The lowest BCUT2D eigenvalue weighted by atomic mass is 9.98. The van der Waals surface area contributed by atoms with Crippen molar-refractivity contribution in [2.24, 2.45) is 5.92 Å². The van der Waals surface area contributed by atoms with Gasteiger partial charge < -0.3 is 14.5 Å². The number of carbonyl (C=O) groups is 3. The predicted octanol–water partition coefficient (Wildman–Crippen LogP) is 2.27. The van der Waals surface area contributed by atoms with Crippen molar-refractivity contribution in [2.75, 3.05) is 33.3 Å². The van der Waals surface area contributed by atoms with Crippen LogP contribution >= 0.6 is 0 Å². The van der Waals surface area contributed by atoms with Crippen LogP contribution < -0.4 is 0 Å². The fourth-order valence-corrected chi connectivity index (χ4v) is 4.11. The first kappa shape index (κ1) is 22.4. The van der Waals surface area contributed by atoms with Crippen molar-refractivity contribution in [3.8, 4) is 11.3 Å². The number of likely N-dealkylation sites (N-methyl/N-ethyl adjacent to an activating group) is 1. The third-order valence-corrected chi connectivity index (χ3v) is 5.81. The number of hydrogen-bond acceptors (Lipinski definition) is 6. The number of amides is 2. The van der Waals surface area contributed by atoms with E-state index in [0.717, 1.165) is 17.7 Å². The molecule has 1 aromatic carbocycles. The van der Waals surface area contributed by atoms with Crippen molar-refractivity contribution in [1.82, 2.24) is 24.4 Å². The van der Waals surface area contributed by atoms with Gasteiger partial charge in [0.2, 0.25) is 5.91 Å². The van der Waals surface area contributed by atoms with Gasteiger partial charge in [-0.05, 0) is 25.8 Å². The number of fused-ring (bicyclic) bond motifs is 1. The van der Waals surface area contributed by atoms with Crippen LogP contribution in [0, 0.1) is 5.92 Å². The molecule has 0 aliphatic carbocycles. The maximum absolute atomic E-state index is 13.1. The van der Waals surface area contributed by atoms with E-state index in [1.807, 2.05) is 36.4 Å². The van der Waals surface area contributed by atoms with Gasteiger partial charge in [0.15, 0.2) is 5.65 Å². The van der Waals surface area contributed by atoms with E-state index in [1.54, 1.807) is 29.6 Å². The lowest BCUT2D eigenvalue weighted by Gasteiger charge is -2.32. The van der Waals surface area contributed by atoms with Gasteiger partial charge in [-0.3, -0.25) is 14.4 Å². The summed E-state index contributed by atoms with van der Waals surface area (Å²) in [5, 5.41) is 4.37. The Morgan fingerprint density at radius 3 is 2.73 bits per heavy atom. The highest BCUT2D eigenvalue weighted by atomic mass is 16.5. The van der Waals surface area contributed by atoms with E-state index in [0.29, 0.717) is 37.3 Å². The molecule has 0 bridgehead atoms. The molecule has 0 spiro atoms. The van der Waals surface area contributed by atoms with Crippen LogP contribution in [0.5, 0.6) is 0 Å². The van der Waals surface area contributed by atoms with Crippen molar-refractivity contribution in [2.45, 2.75) is 19.8 Å². The number of benzene rings is 1. The molecule has 172 valence electrons. The van der Waals surface area contributed by atoms with Crippen LogP contribution in [-0.4, -0.2) is 75.5 Å². The molecule has 3 aromatic rings. The summed E-state index contributed by atoms with van der Waals surface area (Å²) in [6, 6.07) is 11.6. The molecule has 1 unspecified atom stereocenters. The lowest BCUT2D eigenvalue weighted by Crippen LogP contribution is -2.47. The molecule has 1 atom stereocenters. The highest BCUT2D eigenvalue weighted by Crippen LogP contribution is 2.22. The smallest absolute Gasteiger partial charge is 0.310 e. The van der Waals surface area contributed by atoms with E-state index in [2.05, 4.69) is 10.1 Å². The average molecular weight is 450 g/mol. The van der Waals surface area contributed by atoms with E-state index < -0.39 is 0 Å². The first-order valence-corrected chi connectivity index (χ1v) is 11.1. The van der Waals surface area contributed by atoms with E-state index >= 15 is 0 Å². The van der Waals surface area contributed by atoms with Crippen LogP contribution in [-0.2, 0) is 14.3 Å². The highest BCUT2D eigenvalue weighted by Gasteiger charge is 2.30. The Balaban J connectivity index is 1.47. The molecule has 1 aliphatic rings. The van der Waals surface area contributed by atoms with Gasteiger partial charge >= 0.3 is 5.97 Å². The second kappa shape index (κ2) is 9.81. The number of piperidine rings is 1. The van der Waals surface area contributed by atoms with E-state index in [9.17, 15) is 14.4 Å². The summed E-state index contributed by atoms with van der Waals surface area (Å²) in [5.41, 5.74) is 2.53. The lowest BCUT2D eigenvalue weighted by molar-refractivity contribution is -0.151. The maximum Gasteiger partial charge on any atom is 0.310 e. The number of aromatic nitrogens is 3. The van der Waals surface area contributed by atoms with Gasteiger partial charge in [0.25, 0.3) is 5.91 Å². The summed E-state index contributed by atoms with van der Waals surface area (Å²) < 4.78 is 6.73. The molecule has 4 rings (SSSR count). The number of carbonyl (C=O) groups excluding carboxylic acids is 3. The molecule has 1 saturated heterocycles. The molecule has 9 nitrogen and oxygen atoms in total. The molecule has 2 aromatic heterocycles. The molecule has 0 N–H and O–H groups in total. The average Bonchev–Trinajstić information content (AvgIpc) is 3.28. The van der Waals surface area contributed by atoms with Gasteiger partial charge in [0.1, 0.15) is 5.56 Å². The van der Waals surface area contributed by atoms with Crippen molar-refractivity contribution in [3.63, 3.8) is 0 Å². The van der Waals surface area contributed by atoms with Crippen molar-refractivity contribution in [3.05, 3.63) is 54.4 Å². The third-order valence-electron chi connectivity index (χ3n) is 5.81. The third kappa shape index (κ3) is 4.72. The molecular weight excluding hydrogens is 422 g/mol. The first-order chi connectivity index (χ1) is 16.0. The molecular formula is C24H27N5O4. The van der Waals surface area contributed by atoms with Gasteiger partial charge in [-0.1, -0.05) is 30.3 Å². The van der Waals surface area contributed by atoms with E-state index in [4.69, 9.17) is 4.74 Å². The molecule has 0 saturated carbocycles. The maximum atomic E-state index is 13.1. The Kier molecular flexibility index (Phi) is 6.67. The minimum absolute atomic E-state index is 0.0932. The Hall–Kier alpha value is -3.75. The topological polar surface area (TPSA) is 97.1 Å². The quantitative estimate of drug-likeness (QED) is 0.536. The second-order valence-electron chi connectivity index (χ2n) is 8.08. The van der Waals surface area contributed by atoms with Crippen LogP contribution in [0.3, 0.4) is 0 Å². The number of likely N-dealkylation sites (tertiary alicyclic amines) is 1. The van der Waals surface area contributed by atoms with Crippen molar-refractivity contribution < 1.29 is 19.1 Å². The Morgan fingerprint density at radius 2 is 1.97 bits per heavy atom. The summed E-state index contributed by atoms with van der Waals surface area (Å²) in [7, 11) is 1.58. The molecule has 0 radical (unpaired) electrons. The zero-order chi connectivity index (χ0) is 23.4. The number of rotatable bonds is 6. The zero-order valence-corrected chi connectivity index (χ0v) is 18.8. The monoisotopic (exact) mass is 449 g/mol. The van der Waals surface area contributed by atoms with Gasteiger partial charge in [-0.2, -0.15) is 5.10 Å². The number of nitrogens with zero attached hydrogens (tertiary/aromatic N) is 5. The van der Waals surface area contributed by atoms with Gasteiger partial charge in [0, 0.05) is 31.9 Å². The Bertz CT molecular complexity index is 1160. The Labute approximate surface area is 192 Å². The first-order valence-electron chi connectivity index (χ1n) is 11.1. The number of esters is 1. The van der Waals surface area contributed by atoms with Gasteiger partial charge in [0.05, 0.1) is 31.0 Å². The van der Waals surface area contributed by atoms with Crippen LogP contribution in [0.1, 0.15) is 30.1 Å². The fourth-order valence-electron chi connectivity index (χ4n) is 4.11. The SMILES string of the molecule is CCOC(=O)C1CCCN(C(=O)CN(C)C(=O)c2cnn3c(-c4ccccc4)ccnc23)C1. The largest absolute Gasteiger partial charge is 0.466 e. The van der Waals surface area contributed by atoms with Gasteiger partial charge in [-0.25, -0.2) is 9.50 Å². The standard InChI is InChI=1S/C24H27N5O4/c1-3-33-24(32)18-10-7-13-28(15-18)21(30)16-27(2)23(31)19-14-26-29-20(11-12-25-22(19)29)17-8-5-4-6-9-17/h4-6,8-9,11-12,14,18H,3,7,10,13,15-16H2,1-2H3. The number of hydrogen-bond donors (Lipinski definition) is 0. The van der Waals surface area contributed by atoms with Gasteiger partial charge in [-0.15, -0.1) is 0 Å². The van der Waals surface area contributed by atoms with Crippen LogP contribution in [0.15, 0.2) is 48.8 Å². The number of ether oxygens (including phenoxy) is 1. The van der Waals surface area contributed by atoms with Crippen LogP contribution in [0.25, 0.3) is 16.9 Å². The molecule has 2 amide bonds. The summed E-state index contributed by atoms with van der Waals surface area (Å²) >= 11 is 0. The van der Waals surface area contributed by atoms with Crippen LogP contribution in [0.4, 0.5) is 0 Å². The highest BCUT2D eigenvalue weighted by molar-refractivity contribution is 6.01. The summed E-state index contributed by atoms with van der Waals surface area (Å²) in [6.07, 6.45) is 4.56. The summed E-state index contributed by atoms with van der Waals surface area (Å²) in [4.78, 5) is 45.4. The minimum Gasteiger partial charge on any atom is -0.466 e. The summed E-state index contributed by atoms with van der Waals surface area (Å²) in [6.45, 7) is 2.88. The zero-order valence-electron chi connectivity index (χ0n) is 18.8.